The van der Waals surface area contributed by atoms with Crippen LogP contribution in [0.1, 0.15) is 26.2 Å². The van der Waals surface area contributed by atoms with Crippen molar-refractivity contribution in [1.29, 1.82) is 0 Å². The van der Waals surface area contributed by atoms with Gasteiger partial charge in [0.25, 0.3) is 0 Å². The summed E-state index contributed by atoms with van der Waals surface area (Å²) in [5.74, 6) is 0.194. The molecule has 1 N–H and O–H groups in total. The van der Waals surface area contributed by atoms with Crippen molar-refractivity contribution < 1.29 is 14.6 Å². The number of rotatable bonds is 3. The zero-order chi connectivity index (χ0) is 12.8. The van der Waals surface area contributed by atoms with Crippen molar-refractivity contribution in [3.8, 4) is 0 Å². The fraction of sp³-hybridized carbons (Fsp3) is 0.733. The third-order valence-electron chi connectivity index (χ3n) is 5.11. The third kappa shape index (κ3) is 1.41. The van der Waals surface area contributed by atoms with Crippen LogP contribution in [0.15, 0.2) is 24.3 Å². The summed E-state index contributed by atoms with van der Waals surface area (Å²) in [5, 5.41) is 9.76. The zero-order valence-electron chi connectivity index (χ0n) is 11.0. The molecular weight excluding hydrogens is 228 g/mol. The Morgan fingerprint density at radius 1 is 1.50 bits per heavy atom. The van der Waals surface area contributed by atoms with Gasteiger partial charge in [-0.1, -0.05) is 17.7 Å². The average molecular weight is 250 g/mol. The van der Waals surface area contributed by atoms with Gasteiger partial charge in [-0.3, -0.25) is 0 Å². The smallest absolute Gasteiger partial charge is 0.178 e. The normalized spacial score (nSPS) is 41.1. The van der Waals surface area contributed by atoms with Gasteiger partial charge < -0.3 is 14.6 Å². The molecule has 2 fully saturated rings. The lowest BCUT2D eigenvalue weighted by Gasteiger charge is -2.58. The molecule has 0 aromatic rings. The Labute approximate surface area is 108 Å². The van der Waals surface area contributed by atoms with E-state index in [0.717, 1.165) is 19.3 Å². The SMILES string of the molecule is C=CC[C@]12C=C(C)[C@H](C[C@@H]1CO)CC21OCCO1. The van der Waals surface area contributed by atoms with Crippen molar-refractivity contribution in [2.24, 2.45) is 17.3 Å². The van der Waals surface area contributed by atoms with Gasteiger partial charge in [-0.15, -0.1) is 6.58 Å². The Kier molecular flexibility index (Phi) is 2.88. The summed E-state index contributed by atoms with van der Waals surface area (Å²) < 4.78 is 12.1. The van der Waals surface area contributed by atoms with Crippen LogP contribution in [0, 0.1) is 17.3 Å². The first-order chi connectivity index (χ1) is 8.67. The van der Waals surface area contributed by atoms with E-state index in [9.17, 15) is 5.11 Å². The second-order valence-corrected chi connectivity index (χ2v) is 5.89. The number of allylic oxidation sites excluding steroid dienone is 2. The van der Waals surface area contributed by atoms with Gasteiger partial charge in [0.2, 0.25) is 0 Å². The van der Waals surface area contributed by atoms with Gasteiger partial charge >= 0.3 is 0 Å². The average Bonchev–Trinajstić information content (AvgIpc) is 2.81. The Bertz CT molecular complexity index is 381. The van der Waals surface area contributed by atoms with E-state index in [2.05, 4.69) is 19.6 Å². The minimum Gasteiger partial charge on any atom is -0.396 e. The first-order valence-electron chi connectivity index (χ1n) is 6.86. The fourth-order valence-corrected chi connectivity index (χ4v) is 4.26. The first-order valence-corrected chi connectivity index (χ1v) is 6.86. The Morgan fingerprint density at radius 3 is 2.83 bits per heavy atom. The molecule has 4 aliphatic rings. The highest BCUT2D eigenvalue weighted by Crippen LogP contribution is 2.62. The van der Waals surface area contributed by atoms with Gasteiger partial charge in [0.1, 0.15) is 0 Å². The number of ether oxygens (including phenoxy) is 2. The maximum atomic E-state index is 9.76. The predicted octanol–water partition coefficient (Wildman–Crippen LogP) is 2.27. The summed E-state index contributed by atoms with van der Waals surface area (Å²) in [6, 6.07) is 0. The molecule has 100 valence electrons. The second kappa shape index (κ2) is 4.19. The van der Waals surface area contributed by atoms with Gasteiger partial charge in [-0.2, -0.15) is 0 Å². The molecule has 0 unspecified atom stereocenters. The largest absolute Gasteiger partial charge is 0.396 e. The molecule has 0 aromatic carbocycles. The van der Waals surface area contributed by atoms with Crippen LogP contribution in [0.5, 0.6) is 0 Å². The zero-order valence-corrected chi connectivity index (χ0v) is 11.0. The number of hydrogen-bond acceptors (Lipinski definition) is 3. The van der Waals surface area contributed by atoms with E-state index in [1.807, 2.05) is 6.08 Å². The molecule has 1 aliphatic heterocycles. The van der Waals surface area contributed by atoms with Gasteiger partial charge in [0.15, 0.2) is 5.79 Å². The van der Waals surface area contributed by atoms with E-state index in [1.165, 1.54) is 5.57 Å². The lowest BCUT2D eigenvalue weighted by atomic mass is 9.52. The lowest BCUT2D eigenvalue weighted by molar-refractivity contribution is -0.272. The first kappa shape index (κ1) is 12.4. The Hall–Kier alpha value is -0.640. The molecule has 4 rings (SSSR count). The van der Waals surface area contributed by atoms with E-state index in [1.54, 1.807) is 0 Å². The number of aliphatic hydroxyl groups is 1. The standard InChI is InChI=1S/C15H22O3/c1-3-4-14-8-11(2)12(7-13(14)10-16)9-15(14)17-5-6-18-15/h3,8,12-13,16H,1,4-7,9-10H2,2H3/t12-,13-,14+/m1/s1. The van der Waals surface area contributed by atoms with Crippen LogP contribution in [-0.4, -0.2) is 30.7 Å². The molecule has 1 saturated carbocycles. The lowest BCUT2D eigenvalue weighted by Crippen LogP contribution is -2.60. The van der Waals surface area contributed by atoms with Crippen LogP contribution >= 0.6 is 0 Å². The molecule has 3 atom stereocenters. The topological polar surface area (TPSA) is 38.7 Å². The number of aliphatic hydroxyl groups excluding tert-OH is 1. The van der Waals surface area contributed by atoms with Gasteiger partial charge in [-0.25, -0.2) is 0 Å². The minimum absolute atomic E-state index is 0.197. The van der Waals surface area contributed by atoms with E-state index in [4.69, 9.17) is 9.47 Å². The quantitative estimate of drug-likeness (QED) is 0.781. The van der Waals surface area contributed by atoms with E-state index >= 15 is 0 Å². The Balaban J connectivity index is 2.10. The summed E-state index contributed by atoms with van der Waals surface area (Å²) in [6.45, 7) is 7.61. The van der Waals surface area contributed by atoms with Crippen LogP contribution in [0.2, 0.25) is 0 Å². The monoisotopic (exact) mass is 250 g/mol. The van der Waals surface area contributed by atoms with Crippen molar-refractivity contribution >= 4 is 0 Å². The van der Waals surface area contributed by atoms with Crippen LogP contribution < -0.4 is 0 Å². The number of hydrogen-bond donors (Lipinski definition) is 1. The van der Waals surface area contributed by atoms with Crippen molar-refractivity contribution in [3.05, 3.63) is 24.3 Å². The van der Waals surface area contributed by atoms with Crippen LogP contribution in [0.25, 0.3) is 0 Å². The highest BCUT2D eigenvalue weighted by Gasteiger charge is 2.63. The predicted molar refractivity (Wildman–Crippen MR) is 68.9 cm³/mol. The molecule has 0 aromatic heterocycles. The summed E-state index contributed by atoms with van der Waals surface area (Å²) in [5.41, 5.74) is 1.20. The molecule has 2 bridgehead atoms. The molecule has 18 heavy (non-hydrogen) atoms. The van der Waals surface area contributed by atoms with E-state index < -0.39 is 5.79 Å². The Morgan fingerprint density at radius 2 is 2.22 bits per heavy atom. The summed E-state index contributed by atoms with van der Waals surface area (Å²) in [7, 11) is 0. The maximum Gasteiger partial charge on any atom is 0.178 e. The fourth-order valence-electron chi connectivity index (χ4n) is 4.26. The molecule has 1 heterocycles. The molecule has 3 aliphatic carbocycles. The summed E-state index contributed by atoms with van der Waals surface area (Å²) in [4.78, 5) is 0. The van der Waals surface area contributed by atoms with Crippen molar-refractivity contribution in [2.75, 3.05) is 19.8 Å². The van der Waals surface area contributed by atoms with Gasteiger partial charge in [0.05, 0.1) is 18.6 Å². The number of fused-ring (bicyclic) bond motifs is 1. The summed E-state index contributed by atoms with van der Waals surface area (Å²) >= 11 is 0. The molecule has 1 saturated heterocycles. The van der Waals surface area contributed by atoms with Crippen molar-refractivity contribution in [1.82, 2.24) is 0 Å². The molecule has 0 amide bonds. The highest BCUT2D eigenvalue weighted by molar-refractivity contribution is 5.28. The van der Waals surface area contributed by atoms with E-state index in [-0.39, 0.29) is 17.9 Å². The van der Waals surface area contributed by atoms with Crippen molar-refractivity contribution in [3.63, 3.8) is 0 Å². The third-order valence-corrected chi connectivity index (χ3v) is 5.11. The van der Waals surface area contributed by atoms with Gasteiger partial charge in [-0.05, 0) is 31.6 Å². The molecule has 3 heteroatoms. The molecule has 3 nitrogen and oxygen atoms in total. The second-order valence-electron chi connectivity index (χ2n) is 5.89. The van der Waals surface area contributed by atoms with Gasteiger partial charge in [0, 0.05) is 13.0 Å². The van der Waals surface area contributed by atoms with E-state index in [0.29, 0.717) is 19.1 Å². The van der Waals surface area contributed by atoms with Crippen LogP contribution in [0.3, 0.4) is 0 Å². The minimum atomic E-state index is -0.517. The summed E-state index contributed by atoms with van der Waals surface area (Å²) in [6.07, 6.45) is 7.02. The molecule has 1 spiro atoms. The van der Waals surface area contributed by atoms with Crippen molar-refractivity contribution in [2.45, 2.75) is 32.0 Å². The van der Waals surface area contributed by atoms with Crippen LogP contribution in [-0.2, 0) is 9.47 Å². The maximum absolute atomic E-state index is 9.76. The van der Waals surface area contributed by atoms with Crippen LogP contribution in [0.4, 0.5) is 0 Å². The molecule has 0 radical (unpaired) electrons. The highest BCUT2D eigenvalue weighted by atomic mass is 16.7. The molecular formula is C15H22O3.